The number of ketones is 1. The van der Waals surface area contributed by atoms with Gasteiger partial charge in [0.15, 0.2) is 0 Å². The van der Waals surface area contributed by atoms with E-state index in [1.54, 1.807) is 18.2 Å². The van der Waals surface area contributed by atoms with Crippen LogP contribution in [0.1, 0.15) is 10.4 Å². The molecular formula is C12H9Cl2NO3. The number of anilines is 1. The Morgan fingerprint density at radius 3 is 2.78 bits per heavy atom. The normalized spacial score (nSPS) is 15.1. The number of benzene rings is 1. The Bertz CT molecular complexity index is 554. The number of fused-ring (bicyclic) bond motifs is 1. The van der Waals surface area contributed by atoms with Gasteiger partial charge < -0.3 is 4.74 Å². The third kappa shape index (κ3) is 2.09. The van der Waals surface area contributed by atoms with Gasteiger partial charge in [0.2, 0.25) is 0 Å². The molecule has 4 nitrogen and oxygen atoms in total. The van der Waals surface area contributed by atoms with Crippen molar-refractivity contribution in [2.75, 3.05) is 18.6 Å². The number of ether oxygens (including phenoxy) is 1. The molecule has 0 saturated heterocycles. The van der Waals surface area contributed by atoms with E-state index >= 15 is 0 Å². The van der Waals surface area contributed by atoms with Crippen LogP contribution < -0.4 is 9.64 Å². The third-order valence-electron chi connectivity index (χ3n) is 2.61. The Morgan fingerprint density at radius 1 is 1.44 bits per heavy atom. The predicted molar refractivity (Wildman–Crippen MR) is 69.5 cm³/mol. The van der Waals surface area contributed by atoms with E-state index < -0.39 is 11.7 Å². The SMILES string of the molecule is COc1ccc2c(c1)N(CC(Cl)=CCl)C(=O)C2=O. The topological polar surface area (TPSA) is 46.6 Å². The number of amides is 1. The summed E-state index contributed by atoms with van der Waals surface area (Å²) >= 11 is 11.2. The minimum absolute atomic E-state index is 0.0653. The van der Waals surface area contributed by atoms with E-state index in [4.69, 9.17) is 27.9 Å². The lowest BCUT2D eigenvalue weighted by Crippen LogP contribution is -2.30. The van der Waals surface area contributed by atoms with Crippen LogP contribution in [0.25, 0.3) is 0 Å². The van der Waals surface area contributed by atoms with Crippen LogP contribution in [-0.2, 0) is 4.79 Å². The minimum atomic E-state index is -0.616. The molecule has 0 atom stereocenters. The molecule has 0 bridgehead atoms. The molecule has 0 radical (unpaired) electrons. The van der Waals surface area contributed by atoms with Gasteiger partial charge in [-0.25, -0.2) is 0 Å². The molecule has 1 aliphatic rings. The molecule has 1 aliphatic heterocycles. The van der Waals surface area contributed by atoms with Crippen LogP contribution in [0, 0.1) is 0 Å². The number of nitrogens with zero attached hydrogens (tertiary/aromatic N) is 1. The number of carbonyl (C=O) groups is 2. The first-order valence-corrected chi connectivity index (χ1v) is 5.89. The van der Waals surface area contributed by atoms with Gasteiger partial charge in [0.25, 0.3) is 11.7 Å². The fraction of sp³-hybridized carbons (Fsp3) is 0.167. The van der Waals surface area contributed by atoms with Crippen molar-refractivity contribution in [3.63, 3.8) is 0 Å². The highest BCUT2D eigenvalue weighted by Gasteiger charge is 2.36. The van der Waals surface area contributed by atoms with E-state index in [2.05, 4.69) is 0 Å². The average Bonchev–Trinajstić information content (AvgIpc) is 2.63. The number of rotatable bonds is 3. The Morgan fingerprint density at radius 2 is 2.17 bits per heavy atom. The molecular weight excluding hydrogens is 277 g/mol. The van der Waals surface area contributed by atoms with Crippen molar-refractivity contribution in [3.05, 3.63) is 34.3 Å². The highest BCUT2D eigenvalue weighted by Crippen LogP contribution is 2.33. The maximum Gasteiger partial charge on any atom is 0.299 e. The maximum absolute atomic E-state index is 11.8. The summed E-state index contributed by atoms with van der Waals surface area (Å²) in [7, 11) is 1.51. The molecule has 0 N–H and O–H groups in total. The Kier molecular flexibility index (Phi) is 3.59. The van der Waals surface area contributed by atoms with Crippen LogP contribution in [0.4, 0.5) is 5.69 Å². The van der Waals surface area contributed by atoms with E-state index in [9.17, 15) is 9.59 Å². The first-order chi connectivity index (χ1) is 8.58. The van der Waals surface area contributed by atoms with Crippen LogP contribution in [0.2, 0.25) is 0 Å². The average molecular weight is 286 g/mol. The highest BCUT2D eigenvalue weighted by molar-refractivity contribution is 6.52. The quantitative estimate of drug-likeness (QED) is 0.802. The highest BCUT2D eigenvalue weighted by atomic mass is 35.5. The van der Waals surface area contributed by atoms with Crippen LogP contribution in [0.3, 0.4) is 0 Å². The maximum atomic E-state index is 11.8. The zero-order valence-corrected chi connectivity index (χ0v) is 11.0. The van der Waals surface area contributed by atoms with Crippen LogP contribution in [0.15, 0.2) is 28.8 Å². The fourth-order valence-corrected chi connectivity index (χ4v) is 1.93. The van der Waals surface area contributed by atoms with Gasteiger partial charge in [-0.05, 0) is 12.1 Å². The molecule has 94 valence electrons. The standard InChI is InChI=1S/C12H9Cl2NO3/c1-18-8-2-3-9-10(4-8)15(6-7(14)5-13)12(17)11(9)16/h2-5H,6H2,1H3. The molecule has 18 heavy (non-hydrogen) atoms. The lowest BCUT2D eigenvalue weighted by Gasteiger charge is -2.16. The lowest BCUT2D eigenvalue weighted by atomic mass is 10.1. The second kappa shape index (κ2) is 5.00. The predicted octanol–water partition coefficient (Wildman–Crippen LogP) is 2.54. The zero-order valence-electron chi connectivity index (χ0n) is 9.44. The fourth-order valence-electron chi connectivity index (χ4n) is 1.74. The molecule has 0 fully saturated rings. The third-order valence-corrected chi connectivity index (χ3v) is 3.21. The lowest BCUT2D eigenvalue weighted by molar-refractivity contribution is -0.114. The monoisotopic (exact) mass is 285 g/mol. The Balaban J connectivity index is 2.45. The van der Waals surface area contributed by atoms with Gasteiger partial charge in [0.05, 0.1) is 24.9 Å². The molecule has 1 amide bonds. The summed E-state index contributed by atoms with van der Waals surface area (Å²) < 4.78 is 5.07. The van der Waals surface area contributed by atoms with E-state index in [-0.39, 0.29) is 11.6 Å². The number of hydrogen-bond acceptors (Lipinski definition) is 3. The van der Waals surface area contributed by atoms with Crippen molar-refractivity contribution in [3.8, 4) is 5.75 Å². The summed E-state index contributed by atoms with van der Waals surface area (Å²) in [6.07, 6.45) is 0. The van der Waals surface area contributed by atoms with Gasteiger partial charge in [-0.3, -0.25) is 14.5 Å². The molecule has 0 aliphatic carbocycles. The van der Waals surface area contributed by atoms with E-state index in [0.717, 1.165) is 5.54 Å². The van der Waals surface area contributed by atoms with Gasteiger partial charge in [0.1, 0.15) is 5.75 Å². The number of halogens is 2. The summed E-state index contributed by atoms with van der Waals surface area (Å²) in [5.74, 6) is -0.603. The number of hydrogen-bond donors (Lipinski definition) is 0. The van der Waals surface area contributed by atoms with E-state index in [1.165, 1.54) is 12.0 Å². The van der Waals surface area contributed by atoms with Gasteiger partial charge in [-0.15, -0.1) is 0 Å². The van der Waals surface area contributed by atoms with E-state index in [1.807, 2.05) is 0 Å². The first kappa shape index (κ1) is 12.9. The second-order valence-electron chi connectivity index (χ2n) is 3.66. The second-order valence-corrected chi connectivity index (χ2v) is 4.36. The van der Waals surface area contributed by atoms with Crippen molar-refractivity contribution in [1.29, 1.82) is 0 Å². The summed E-state index contributed by atoms with van der Waals surface area (Å²) in [5, 5.41) is 0.272. The minimum Gasteiger partial charge on any atom is -0.497 e. The molecule has 1 heterocycles. The Labute approximate surface area is 114 Å². The van der Waals surface area contributed by atoms with Crippen molar-refractivity contribution < 1.29 is 14.3 Å². The van der Waals surface area contributed by atoms with Gasteiger partial charge in [-0.2, -0.15) is 0 Å². The van der Waals surface area contributed by atoms with Crippen molar-refractivity contribution in [1.82, 2.24) is 0 Å². The van der Waals surface area contributed by atoms with Gasteiger partial charge in [-0.1, -0.05) is 23.2 Å². The largest absolute Gasteiger partial charge is 0.497 e. The summed E-state index contributed by atoms with van der Waals surface area (Å²) in [6, 6.07) is 4.82. The molecule has 1 aromatic rings. The molecule has 6 heteroatoms. The number of Topliss-reactive ketones (excluding diaryl/α,β-unsaturated/α-hetero) is 1. The zero-order chi connectivity index (χ0) is 13.3. The van der Waals surface area contributed by atoms with Gasteiger partial charge in [0, 0.05) is 16.6 Å². The van der Waals surface area contributed by atoms with E-state index in [0.29, 0.717) is 17.0 Å². The smallest absolute Gasteiger partial charge is 0.299 e. The summed E-state index contributed by atoms with van der Waals surface area (Å²) in [4.78, 5) is 24.8. The van der Waals surface area contributed by atoms with Crippen LogP contribution >= 0.6 is 23.2 Å². The molecule has 0 unspecified atom stereocenters. The molecule has 2 rings (SSSR count). The Hall–Kier alpha value is -1.52. The summed E-state index contributed by atoms with van der Waals surface area (Å²) in [5.41, 5.74) is 2.00. The van der Waals surface area contributed by atoms with Gasteiger partial charge >= 0.3 is 0 Å². The summed E-state index contributed by atoms with van der Waals surface area (Å²) in [6.45, 7) is 0.0653. The van der Waals surface area contributed by atoms with Crippen molar-refractivity contribution in [2.45, 2.75) is 0 Å². The molecule has 0 aromatic heterocycles. The van der Waals surface area contributed by atoms with Crippen LogP contribution in [-0.4, -0.2) is 25.3 Å². The molecule has 1 aromatic carbocycles. The van der Waals surface area contributed by atoms with Crippen LogP contribution in [0.5, 0.6) is 5.75 Å². The molecule has 0 spiro atoms. The first-order valence-electron chi connectivity index (χ1n) is 5.07. The molecule has 0 saturated carbocycles. The number of methoxy groups -OCH3 is 1. The van der Waals surface area contributed by atoms with Crippen molar-refractivity contribution in [2.24, 2.45) is 0 Å². The van der Waals surface area contributed by atoms with Crippen molar-refractivity contribution >= 4 is 40.6 Å². The number of carbonyl (C=O) groups excluding carboxylic acids is 2.